The molecule has 0 bridgehead atoms. The van der Waals surface area contributed by atoms with Gasteiger partial charge in [0.15, 0.2) is 0 Å². The smallest absolute Gasteiger partial charge is 0.127 e. The third kappa shape index (κ3) is 5.56. The Morgan fingerprint density at radius 3 is 2.65 bits per heavy atom. The molecule has 186 valence electrons. The van der Waals surface area contributed by atoms with E-state index in [-0.39, 0.29) is 5.82 Å². The maximum Gasteiger partial charge on any atom is 0.127 e. The molecule has 4 rings (SSSR count). The van der Waals surface area contributed by atoms with Crippen molar-refractivity contribution < 1.29 is 18.6 Å². The molecule has 3 atom stereocenters. The Hall–Kier alpha value is -2.15. The predicted octanol–water partition coefficient (Wildman–Crippen LogP) is 5.11. The van der Waals surface area contributed by atoms with Gasteiger partial charge in [0, 0.05) is 43.9 Å². The molecule has 2 aromatic carbocycles. The van der Waals surface area contributed by atoms with Gasteiger partial charge in [0.25, 0.3) is 0 Å². The van der Waals surface area contributed by atoms with Gasteiger partial charge in [-0.05, 0) is 80.1 Å². The van der Waals surface area contributed by atoms with Crippen LogP contribution in [0.5, 0.6) is 11.5 Å². The van der Waals surface area contributed by atoms with Crippen molar-refractivity contribution in [3.05, 3.63) is 58.9 Å². The van der Waals surface area contributed by atoms with Crippen LogP contribution in [-0.2, 0) is 24.4 Å². The zero-order valence-corrected chi connectivity index (χ0v) is 21.1. The van der Waals surface area contributed by atoms with Crippen LogP contribution in [0.4, 0.5) is 4.39 Å². The predicted molar refractivity (Wildman–Crippen MR) is 133 cm³/mol. The quantitative estimate of drug-likeness (QED) is 0.456. The molecule has 1 aliphatic carbocycles. The molecule has 6 heteroatoms. The summed E-state index contributed by atoms with van der Waals surface area (Å²) in [6.07, 6.45) is 3.61. The molecule has 1 heterocycles. The van der Waals surface area contributed by atoms with Gasteiger partial charge < -0.3 is 14.2 Å². The number of halogens is 1. The summed E-state index contributed by atoms with van der Waals surface area (Å²) in [4.78, 5) is 5.09. The van der Waals surface area contributed by atoms with Crippen molar-refractivity contribution in [2.45, 2.75) is 51.9 Å². The lowest BCUT2D eigenvalue weighted by Crippen LogP contribution is -2.59. The van der Waals surface area contributed by atoms with Crippen molar-refractivity contribution in [2.75, 3.05) is 41.0 Å². The molecule has 1 saturated carbocycles. The average Bonchev–Trinajstić information content (AvgIpc) is 2.83. The lowest BCUT2D eigenvalue weighted by molar-refractivity contribution is -0.0543. The Bertz CT molecular complexity index is 953. The van der Waals surface area contributed by atoms with Crippen molar-refractivity contribution in [3.8, 4) is 11.5 Å². The third-order valence-corrected chi connectivity index (χ3v) is 7.59. The maximum atomic E-state index is 14.4. The molecule has 2 aromatic rings. The van der Waals surface area contributed by atoms with Crippen LogP contribution in [0.1, 0.15) is 42.9 Å². The van der Waals surface area contributed by atoms with Crippen molar-refractivity contribution in [2.24, 2.45) is 11.8 Å². The molecule has 0 aromatic heterocycles. The van der Waals surface area contributed by atoms with E-state index >= 15 is 0 Å². The maximum absolute atomic E-state index is 14.4. The normalized spacial score (nSPS) is 22.4. The highest BCUT2D eigenvalue weighted by molar-refractivity contribution is 5.37. The highest BCUT2D eigenvalue weighted by Crippen LogP contribution is 2.44. The van der Waals surface area contributed by atoms with Crippen LogP contribution in [0.25, 0.3) is 0 Å². The second kappa shape index (κ2) is 11.5. The first-order valence-corrected chi connectivity index (χ1v) is 12.5. The third-order valence-electron chi connectivity index (χ3n) is 7.59. The SMILES string of the molecule is CCCN(Cc1ccc(OC)c(COC)c1)[C@@H]1C[C@@H]2CCN(Cc3cc(OC)ccc3F)CC21. The first-order valence-electron chi connectivity index (χ1n) is 12.5. The van der Waals surface area contributed by atoms with Crippen LogP contribution < -0.4 is 9.47 Å². The molecule has 1 unspecified atom stereocenters. The summed E-state index contributed by atoms with van der Waals surface area (Å²) >= 11 is 0. The van der Waals surface area contributed by atoms with Crippen LogP contribution in [0.15, 0.2) is 36.4 Å². The van der Waals surface area contributed by atoms with Gasteiger partial charge in [-0.15, -0.1) is 0 Å². The van der Waals surface area contributed by atoms with E-state index in [4.69, 9.17) is 14.2 Å². The Kier molecular flexibility index (Phi) is 8.46. The molecule has 5 nitrogen and oxygen atoms in total. The number of fused-ring (bicyclic) bond motifs is 1. The number of methoxy groups -OCH3 is 3. The van der Waals surface area contributed by atoms with Crippen LogP contribution in [-0.4, -0.2) is 56.8 Å². The molecule has 0 radical (unpaired) electrons. The van der Waals surface area contributed by atoms with E-state index in [2.05, 4.69) is 34.9 Å². The fourth-order valence-electron chi connectivity index (χ4n) is 5.80. The van der Waals surface area contributed by atoms with E-state index in [9.17, 15) is 4.39 Å². The number of likely N-dealkylation sites (tertiary alicyclic amines) is 1. The van der Waals surface area contributed by atoms with E-state index in [0.717, 1.165) is 55.4 Å². The lowest BCUT2D eigenvalue weighted by Gasteiger charge is -2.55. The zero-order valence-electron chi connectivity index (χ0n) is 21.1. The summed E-state index contributed by atoms with van der Waals surface area (Å²) in [5, 5.41) is 0. The Morgan fingerprint density at radius 2 is 1.91 bits per heavy atom. The number of piperidine rings is 1. The Morgan fingerprint density at radius 1 is 1.06 bits per heavy atom. The highest BCUT2D eigenvalue weighted by atomic mass is 19.1. The summed E-state index contributed by atoms with van der Waals surface area (Å²) in [6.45, 7) is 7.55. The molecule has 0 amide bonds. The summed E-state index contributed by atoms with van der Waals surface area (Å²) in [6, 6.07) is 12.1. The van der Waals surface area contributed by atoms with E-state index < -0.39 is 0 Å². The van der Waals surface area contributed by atoms with Gasteiger partial charge in [0.2, 0.25) is 0 Å². The number of hydrogen-bond acceptors (Lipinski definition) is 5. The van der Waals surface area contributed by atoms with Crippen LogP contribution >= 0.6 is 0 Å². The highest BCUT2D eigenvalue weighted by Gasteiger charge is 2.46. The first-order chi connectivity index (χ1) is 16.6. The van der Waals surface area contributed by atoms with Crippen molar-refractivity contribution in [3.63, 3.8) is 0 Å². The number of nitrogens with zero attached hydrogens (tertiary/aromatic N) is 2. The number of benzene rings is 2. The first kappa shape index (κ1) is 25.0. The topological polar surface area (TPSA) is 34.2 Å². The van der Waals surface area contributed by atoms with Gasteiger partial charge in [-0.3, -0.25) is 9.80 Å². The lowest BCUT2D eigenvalue weighted by atomic mass is 9.64. The molecule has 2 aliphatic rings. The Labute approximate surface area is 203 Å². The Balaban J connectivity index is 1.43. The van der Waals surface area contributed by atoms with Gasteiger partial charge >= 0.3 is 0 Å². The minimum atomic E-state index is -0.146. The molecular weight excluding hydrogens is 431 g/mol. The zero-order chi connectivity index (χ0) is 24.1. The second-order valence-electron chi connectivity index (χ2n) is 9.76. The summed E-state index contributed by atoms with van der Waals surface area (Å²) in [5.41, 5.74) is 3.12. The number of rotatable bonds is 11. The van der Waals surface area contributed by atoms with Gasteiger partial charge in [-0.25, -0.2) is 4.39 Å². The van der Waals surface area contributed by atoms with Crippen LogP contribution in [0.2, 0.25) is 0 Å². The van der Waals surface area contributed by atoms with E-state index in [1.54, 1.807) is 27.4 Å². The molecule has 1 saturated heterocycles. The van der Waals surface area contributed by atoms with Crippen molar-refractivity contribution >= 4 is 0 Å². The minimum Gasteiger partial charge on any atom is -0.497 e. The number of ether oxygens (including phenoxy) is 3. The largest absolute Gasteiger partial charge is 0.497 e. The average molecular weight is 471 g/mol. The summed E-state index contributed by atoms with van der Waals surface area (Å²) in [7, 11) is 5.05. The molecular formula is C28H39FN2O3. The van der Waals surface area contributed by atoms with Crippen LogP contribution in [0.3, 0.4) is 0 Å². The second-order valence-corrected chi connectivity index (χ2v) is 9.76. The fraction of sp³-hybridized carbons (Fsp3) is 0.571. The summed E-state index contributed by atoms with van der Waals surface area (Å²) in [5.74, 6) is 2.88. The van der Waals surface area contributed by atoms with Gasteiger partial charge in [-0.2, -0.15) is 0 Å². The van der Waals surface area contributed by atoms with Gasteiger partial charge in [0.05, 0.1) is 20.8 Å². The minimum absolute atomic E-state index is 0.146. The van der Waals surface area contributed by atoms with Gasteiger partial charge in [0.1, 0.15) is 17.3 Å². The van der Waals surface area contributed by atoms with Crippen molar-refractivity contribution in [1.29, 1.82) is 0 Å². The molecule has 34 heavy (non-hydrogen) atoms. The molecule has 0 N–H and O–H groups in total. The van der Waals surface area contributed by atoms with Crippen LogP contribution in [0, 0.1) is 17.7 Å². The summed E-state index contributed by atoms with van der Waals surface area (Å²) < 4.78 is 30.6. The van der Waals surface area contributed by atoms with Crippen molar-refractivity contribution in [1.82, 2.24) is 9.80 Å². The van der Waals surface area contributed by atoms with E-state index in [0.29, 0.717) is 30.9 Å². The van der Waals surface area contributed by atoms with E-state index in [1.807, 2.05) is 6.07 Å². The van der Waals surface area contributed by atoms with E-state index in [1.165, 1.54) is 24.5 Å². The molecule has 2 fully saturated rings. The molecule has 0 spiro atoms. The number of hydrogen-bond donors (Lipinski definition) is 0. The fourth-order valence-corrected chi connectivity index (χ4v) is 5.80. The standard InChI is InChI=1S/C28H39FN2O3/c1-5-11-31(16-20-6-9-28(34-4)23(13-20)19-32-2)27-15-21-10-12-30(18-25(21)27)17-22-14-24(33-3)7-8-26(22)29/h6-9,13-14,21,25,27H,5,10-12,15-19H2,1-4H3/t21-,25?,27+/m0/s1. The monoisotopic (exact) mass is 470 g/mol. The molecule has 1 aliphatic heterocycles. The van der Waals surface area contributed by atoms with Gasteiger partial charge in [-0.1, -0.05) is 13.0 Å².